The highest BCUT2D eigenvalue weighted by Gasteiger charge is 2.27. The van der Waals surface area contributed by atoms with Crippen LogP contribution in [0.3, 0.4) is 0 Å². The first kappa shape index (κ1) is 19.7. The molecule has 0 radical (unpaired) electrons. The molecule has 0 atom stereocenters. The molecule has 0 aliphatic carbocycles. The summed E-state index contributed by atoms with van der Waals surface area (Å²) in [7, 11) is 0. The lowest BCUT2D eigenvalue weighted by Gasteiger charge is -2.21. The normalized spacial score (nSPS) is 15.0. The minimum Gasteiger partial charge on any atom is -0.454 e. The Balaban J connectivity index is 1.31. The maximum Gasteiger partial charge on any atom is 0.274 e. The van der Waals surface area contributed by atoms with Crippen LogP contribution in [0.1, 0.15) is 24.3 Å². The number of fused-ring (bicyclic) bond motifs is 1. The van der Waals surface area contributed by atoms with Crippen molar-refractivity contribution in [1.82, 2.24) is 15.1 Å². The summed E-state index contributed by atoms with van der Waals surface area (Å²) in [4.78, 5) is 29.1. The predicted octanol–water partition coefficient (Wildman–Crippen LogP) is 2.74. The number of aromatic nitrogens is 2. The molecule has 3 aromatic rings. The van der Waals surface area contributed by atoms with Crippen molar-refractivity contribution in [3.63, 3.8) is 0 Å². The maximum absolute atomic E-state index is 12.4. The van der Waals surface area contributed by atoms with Gasteiger partial charge < -0.3 is 19.3 Å². The molecule has 2 aliphatic rings. The predicted molar refractivity (Wildman–Crippen MR) is 113 cm³/mol. The molecule has 0 unspecified atom stereocenters. The van der Waals surface area contributed by atoms with Crippen LogP contribution in [0.15, 0.2) is 52.1 Å². The van der Waals surface area contributed by atoms with Crippen LogP contribution < -0.4 is 14.8 Å². The zero-order valence-corrected chi connectivity index (χ0v) is 17.2. The van der Waals surface area contributed by atoms with E-state index < -0.39 is 0 Å². The summed E-state index contributed by atoms with van der Waals surface area (Å²) in [6.45, 7) is 1.90. The molecular formula is C22H19N5O5. The summed E-state index contributed by atoms with van der Waals surface area (Å²) in [6, 6.07) is 12.8. The highest BCUT2D eigenvalue weighted by Crippen LogP contribution is 2.35. The van der Waals surface area contributed by atoms with Crippen molar-refractivity contribution in [1.29, 1.82) is 0 Å². The van der Waals surface area contributed by atoms with Gasteiger partial charge in [-0.1, -0.05) is 17.3 Å². The van der Waals surface area contributed by atoms with Gasteiger partial charge in [-0.15, -0.1) is 0 Å². The first-order chi connectivity index (χ1) is 15.5. The number of aryl methyl sites for hydroxylation is 1. The van der Waals surface area contributed by atoms with Crippen molar-refractivity contribution in [2.24, 2.45) is 5.10 Å². The Hall–Kier alpha value is -4.21. The fourth-order valence-corrected chi connectivity index (χ4v) is 3.43. The second-order valence-corrected chi connectivity index (χ2v) is 7.41. The molecule has 162 valence electrons. The van der Waals surface area contributed by atoms with Crippen LogP contribution >= 0.6 is 0 Å². The Bertz CT molecular complexity index is 1230. The Kier molecular flexibility index (Phi) is 5.02. The van der Waals surface area contributed by atoms with Crippen LogP contribution in [0.4, 0.5) is 5.69 Å². The standard InChI is InChI=1S/C22H19N5O5/c1-13-3-2-4-15(9-13)23-19(28)11-27-20(29)8-6-16(25-27)22-24-21(26-32-22)14-5-7-17-18(10-14)31-12-30-17/h2-5,7,9-10H,6,8,11-12H2,1H3,(H,23,28). The summed E-state index contributed by atoms with van der Waals surface area (Å²) in [5, 5.41) is 12.2. The molecule has 2 aliphatic heterocycles. The first-order valence-corrected chi connectivity index (χ1v) is 10.0. The van der Waals surface area contributed by atoms with Crippen molar-refractivity contribution in [3.8, 4) is 22.9 Å². The molecule has 0 saturated heterocycles. The third-order valence-corrected chi connectivity index (χ3v) is 5.00. The maximum atomic E-state index is 12.4. The molecule has 0 fully saturated rings. The Morgan fingerprint density at radius 2 is 2.00 bits per heavy atom. The lowest BCUT2D eigenvalue weighted by molar-refractivity contribution is -0.135. The van der Waals surface area contributed by atoms with E-state index in [0.717, 1.165) is 10.6 Å². The van der Waals surface area contributed by atoms with Crippen molar-refractivity contribution < 1.29 is 23.6 Å². The van der Waals surface area contributed by atoms with E-state index in [2.05, 4.69) is 20.6 Å². The SMILES string of the molecule is Cc1cccc(NC(=O)CN2N=C(c3nc(-c4ccc5c(c4)OCO5)no3)CCC2=O)c1. The van der Waals surface area contributed by atoms with E-state index >= 15 is 0 Å². The van der Waals surface area contributed by atoms with Crippen LogP contribution in [0.25, 0.3) is 11.4 Å². The number of anilines is 1. The van der Waals surface area contributed by atoms with Gasteiger partial charge in [0, 0.05) is 24.1 Å². The Morgan fingerprint density at radius 3 is 2.88 bits per heavy atom. The molecule has 0 saturated carbocycles. The number of benzene rings is 2. The van der Waals surface area contributed by atoms with Crippen LogP contribution in [-0.2, 0) is 9.59 Å². The van der Waals surface area contributed by atoms with E-state index in [4.69, 9.17) is 14.0 Å². The molecule has 1 N–H and O–H groups in total. The van der Waals surface area contributed by atoms with Gasteiger partial charge in [0.2, 0.25) is 24.4 Å². The molecule has 2 amide bonds. The fourth-order valence-electron chi connectivity index (χ4n) is 3.43. The quantitative estimate of drug-likeness (QED) is 0.657. The topological polar surface area (TPSA) is 119 Å². The second-order valence-electron chi connectivity index (χ2n) is 7.41. The number of amides is 2. The highest BCUT2D eigenvalue weighted by molar-refractivity contribution is 6.02. The van der Waals surface area contributed by atoms with Gasteiger partial charge in [-0.25, -0.2) is 5.01 Å². The number of nitrogens with zero attached hydrogens (tertiary/aromatic N) is 4. The van der Waals surface area contributed by atoms with Crippen LogP contribution in [0.2, 0.25) is 0 Å². The average Bonchev–Trinajstić information content (AvgIpc) is 3.44. The number of ether oxygens (including phenoxy) is 2. The van der Waals surface area contributed by atoms with Gasteiger partial charge >= 0.3 is 0 Å². The number of carbonyl (C=O) groups excluding carboxylic acids is 2. The van der Waals surface area contributed by atoms with Gasteiger partial charge in [0.25, 0.3) is 5.89 Å². The van der Waals surface area contributed by atoms with E-state index in [1.54, 1.807) is 24.3 Å². The minimum absolute atomic E-state index is 0.175. The molecule has 10 nitrogen and oxygen atoms in total. The van der Waals surface area contributed by atoms with Crippen LogP contribution in [-0.4, -0.2) is 46.0 Å². The largest absolute Gasteiger partial charge is 0.454 e. The molecule has 32 heavy (non-hydrogen) atoms. The Morgan fingerprint density at radius 1 is 1.12 bits per heavy atom. The summed E-state index contributed by atoms with van der Waals surface area (Å²) in [6.07, 6.45) is 0.538. The van der Waals surface area contributed by atoms with E-state index in [9.17, 15) is 9.59 Å². The Labute approximate surface area is 182 Å². The molecule has 1 aromatic heterocycles. The number of hydrazone groups is 1. The number of hydrogen-bond donors (Lipinski definition) is 1. The zero-order valence-electron chi connectivity index (χ0n) is 17.2. The number of rotatable bonds is 5. The molecule has 10 heteroatoms. The highest BCUT2D eigenvalue weighted by atomic mass is 16.7. The van der Waals surface area contributed by atoms with Gasteiger partial charge in [0.05, 0.1) is 0 Å². The second kappa shape index (κ2) is 8.14. The smallest absolute Gasteiger partial charge is 0.274 e. The van der Waals surface area contributed by atoms with E-state index in [-0.39, 0.29) is 37.5 Å². The fraction of sp³-hybridized carbons (Fsp3) is 0.227. The summed E-state index contributed by atoms with van der Waals surface area (Å²) < 4.78 is 16.1. The molecule has 3 heterocycles. The monoisotopic (exact) mass is 433 g/mol. The summed E-state index contributed by atoms with van der Waals surface area (Å²) >= 11 is 0. The third-order valence-electron chi connectivity index (χ3n) is 5.00. The van der Waals surface area contributed by atoms with Gasteiger partial charge in [0.1, 0.15) is 12.3 Å². The van der Waals surface area contributed by atoms with Crippen molar-refractivity contribution >= 4 is 23.2 Å². The van der Waals surface area contributed by atoms with E-state index in [1.807, 2.05) is 25.1 Å². The van der Waals surface area contributed by atoms with E-state index in [1.165, 1.54) is 0 Å². The van der Waals surface area contributed by atoms with E-state index in [0.29, 0.717) is 40.7 Å². The molecule has 0 bridgehead atoms. The van der Waals surface area contributed by atoms with Crippen LogP contribution in [0, 0.1) is 6.92 Å². The lowest BCUT2D eigenvalue weighted by Crippen LogP contribution is -2.38. The number of hydrogen-bond acceptors (Lipinski definition) is 8. The third kappa shape index (κ3) is 4.02. The van der Waals surface area contributed by atoms with Gasteiger partial charge in [-0.3, -0.25) is 9.59 Å². The van der Waals surface area contributed by atoms with Crippen LogP contribution in [0.5, 0.6) is 11.5 Å². The molecule has 2 aromatic carbocycles. The van der Waals surface area contributed by atoms with Gasteiger partial charge in [-0.2, -0.15) is 10.1 Å². The number of carbonyl (C=O) groups is 2. The van der Waals surface area contributed by atoms with Crippen molar-refractivity contribution in [2.75, 3.05) is 18.7 Å². The first-order valence-electron chi connectivity index (χ1n) is 10.0. The zero-order chi connectivity index (χ0) is 22.1. The minimum atomic E-state index is -0.347. The van der Waals surface area contributed by atoms with Gasteiger partial charge in [0.15, 0.2) is 11.5 Å². The average molecular weight is 433 g/mol. The van der Waals surface area contributed by atoms with Crippen molar-refractivity contribution in [2.45, 2.75) is 19.8 Å². The summed E-state index contributed by atoms with van der Waals surface area (Å²) in [5.41, 5.74) is 2.83. The number of nitrogens with one attached hydrogen (secondary N) is 1. The van der Waals surface area contributed by atoms with Crippen molar-refractivity contribution in [3.05, 3.63) is 53.9 Å². The summed E-state index contributed by atoms with van der Waals surface area (Å²) in [5.74, 6) is 1.24. The molecular weight excluding hydrogens is 414 g/mol. The molecule has 5 rings (SSSR count). The lowest BCUT2D eigenvalue weighted by atomic mass is 10.1. The molecule has 0 spiro atoms. The van der Waals surface area contributed by atoms with Gasteiger partial charge in [-0.05, 0) is 42.8 Å².